The van der Waals surface area contributed by atoms with Gasteiger partial charge in [0.05, 0.1) is 9.95 Å². The first-order valence-corrected chi connectivity index (χ1v) is 9.42. The second-order valence-electron chi connectivity index (χ2n) is 5.78. The number of phenolic OH excluding ortho intramolecular Hbond substituents is 2. The van der Waals surface area contributed by atoms with Crippen molar-refractivity contribution in [2.24, 2.45) is 10.2 Å². The number of nitrogen functional groups attached to an aromatic ring is 1. The lowest BCUT2D eigenvalue weighted by Gasteiger charge is -2.09. The Bertz CT molecular complexity index is 1310. The van der Waals surface area contributed by atoms with E-state index in [4.69, 9.17) is 17.3 Å². The van der Waals surface area contributed by atoms with Crippen LogP contribution in [-0.2, 0) is 10.1 Å². The van der Waals surface area contributed by atoms with Gasteiger partial charge in [-0.25, -0.2) is 0 Å². The van der Waals surface area contributed by atoms with Gasteiger partial charge in [0.2, 0.25) is 0 Å². The van der Waals surface area contributed by atoms with Crippen LogP contribution in [0.25, 0.3) is 10.8 Å². The molecule has 5 N–H and O–H groups in total. The van der Waals surface area contributed by atoms with Gasteiger partial charge in [-0.15, -0.1) is 10.2 Å². The van der Waals surface area contributed by atoms with Crippen LogP contribution in [0.3, 0.4) is 0 Å². The average molecular weight is 439 g/mol. The standard InChI is InChI=1S/C16H11ClN4O7S/c17-11-5-9(21(24)25)6-12(16(11)23)19-20-14-13(29(26,27)28)4-7-3-8(18)1-2-10(7)15(14)22/h1-6,22-23H,18H2,(H,26,27,28). The molecule has 0 aliphatic heterocycles. The second kappa shape index (κ2) is 7.16. The molecule has 0 amide bonds. The first-order chi connectivity index (χ1) is 13.5. The third-order valence-corrected chi connectivity index (χ3v) is 5.00. The van der Waals surface area contributed by atoms with Crippen LogP contribution in [0.4, 0.5) is 22.7 Å². The van der Waals surface area contributed by atoms with Gasteiger partial charge in [-0.05, 0) is 29.7 Å². The summed E-state index contributed by atoms with van der Waals surface area (Å²) < 4.78 is 33.0. The lowest BCUT2D eigenvalue weighted by molar-refractivity contribution is -0.384. The smallest absolute Gasteiger partial charge is 0.296 e. The first kappa shape index (κ1) is 20.3. The summed E-state index contributed by atoms with van der Waals surface area (Å²) >= 11 is 5.72. The van der Waals surface area contributed by atoms with Crippen LogP contribution in [0.1, 0.15) is 0 Å². The van der Waals surface area contributed by atoms with E-state index in [-0.39, 0.29) is 21.5 Å². The number of fused-ring (bicyclic) bond motifs is 1. The molecule has 0 saturated heterocycles. The minimum absolute atomic E-state index is 0.154. The number of halogens is 1. The Hall–Kier alpha value is -3.48. The number of nitrogens with two attached hydrogens (primary N) is 1. The van der Waals surface area contributed by atoms with Gasteiger partial charge >= 0.3 is 0 Å². The largest absolute Gasteiger partial charge is 0.505 e. The van der Waals surface area contributed by atoms with Crippen molar-refractivity contribution in [1.82, 2.24) is 0 Å². The second-order valence-corrected chi connectivity index (χ2v) is 7.58. The number of nitro benzene ring substituents is 1. The van der Waals surface area contributed by atoms with Crippen molar-refractivity contribution in [1.29, 1.82) is 0 Å². The molecule has 0 unspecified atom stereocenters. The van der Waals surface area contributed by atoms with Crippen LogP contribution in [0.2, 0.25) is 5.02 Å². The fraction of sp³-hybridized carbons (Fsp3) is 0. The van der Waals surface area contributed by atoms with Crippen molar-refractivity contribution >= 4 is 55.2 Å². The number of aromatic hydroxyl groups is 2. The zero-order valence-corrected chi connectivity index (χ0v) is 15.7. The minimum Gasteiger partial charge on any atom is -0.505 e. The molecule has 3 aromatic rings. The van der Waals surface area contributed by atoms with Crippen LogP contribution >= 0.6 is 11.6 Å². The third-order valence-electron chi connectivity index (χ3n) is 3.85. The van der Waals surface area contributed by atoms with Crippen LogP contribution in [0, 0.1) is 10.1 Å². The van der Waals surface area contributed by atoms with E-state index >= 15 is 0 Å². The predicted octanol–water partition coefficient (Wildman–Crippen LogP) is 4.06. The summed E-state index contributed by atoms with van der Waals surface area (Å²) in [5.74, 6) is -1.29. The van der Waals surface area contributed by atoms with E-state index in [1.165, 1.54) is 18.2 Å². The van der Waals surface area contributed by atoms with Crippen molar-refractivity contribution in [2.45, 2.75) is 4.90 Å². The summed E-state index contributed by atoms with van der Waals surface area (Å²) in [6.45, 7) is 0. The van der Waals surface area contributed by atoms with E-state index < -0.39 is 48.5 Å². The van der Waals surface area contributed by atoms with E-state index in [1.54, 1.807) is 0 Å². The summed E-state index contributed by atoms with van der Waals surface area (Å²) in [6.07, 6.45) is 0. The van der Waals surface area contributed by atoms with Crippen molar-refractivity contribution in [2.75, 3.05) is 5.73 Å². The van der Waals surface area contributed by atoms with E-state index in [1.807, 2.05) is 0 Å². The Kier molecular flexibility index (Phi) is 5.00. The fourth-order valence-electron chi connectivity index (χ4n) is 2.52. The van der Waals surface area contributed by atoms with Gasteiger partial charge in [0.25, 0.3) is 15.8 Å². The minimum atomic E-state index is -4.86. The summed E-state index contributed by atoms with van der Waals surface area (Å²) in [4.78, 5) is 9.36. The summed E-state index contributed by atoms with van der Waals surface area (Å²) in [5.41, 5.74) is 4.32. The number of nitrogens with zero attached hydrogens (tertiary/aromatic N) is 3. The average Bonchev–Trinajstić information content (AvgIpc) is 2.62. The fourth-order valence-corrected chi connectivity index (χ4v) is 3.39. The number of hydrogen-bond donors (Lipinski definition) is 4. The van der Waals surface area contributed by atoms with Crippen molar-refractivity contribution in [3.63, 3.8) is 0 Å². The Morgan fingerprint density at radius 2 is 1.76 bits per heavy atom. The van der Waals surface area contributed by atoms with E-state index in [0.717, 1.165) is 18.2 Å². The number of rotatable bonds is 4. The van der Waals surface area contributed by atoms with Crippen molar-refractivity contribution < 1.29 is 28.1 Å². The highest BCUT2D eigenvalue weighted by molar-refractivity contribution is 7.86. The van der Waals surface area contributed by atoms with Gasteiger partial charge in [-0.1, -0.05) is 11.6 Å². The maximum absolute atomic E-state index is 11.8. The van der Waals surface area contributed by atoms with Crippen LogP contribution in [-0.4, -0.2) is 28.1 Å². The quantitative estimate of drug-likeness (QED) is 0.154. The van der Waals surface area contributed by atoms with Gasteiger partial charge < -0.3 is 15.9 Å². The molecule has 11 nitrogen and oxygen atoms in total. The molecule has 0 aromatic heterocycles. The SMILES string of the molecule is Nc1ccc2c(O)c(N=Nc3cc([N+](=O)[O-])cc(Cl)c3O)c(S(=O)(=O)O)cc2c1. The molecule has 13 heteroatoms. The molecule has 0 atom stereocenters. The number of nitro groups is 1. The molecule has 0 spiro atoms. The Labute approximate surface area is 167 Å². The molecule has 0 fully saturated rings. The van der Waals surface area contributed by atoms with Crippen molar-refractivity contribution in [3.8, 4) is 11.5 Å². The monoisotopic (exact) mass is 438 g/mol. The lowest BCUT2D eigenvalue weighted by atomic mass is 10.1. The van der Waals surface area contributed by atoms with Gasteiger partial charge in [0.15, 0.2) is 11.5 Å². The van der Waals surface area contributed by atoms with E-state index in [0.29, 0.717) is 0 Å². The molecule has 0 aliphatic rings. The molecule has 0 aliphatic carbocycles. The molecular formula is C16H11ClN4O7S. The van der Waals surface area contributed by atoms with Crippen LogP contribution in [0.15, 0.2) is 51.5 Å². The highest BCUT2D eigenvalue weighted by Crippen LogP contribution is 2.43. The molecule has 150 valence electrons. The molecule has 0 bridgehead atoms. The number of hydrogen-bond acceptors (Lipinski definition) is 9. The number of azo groups is 1. The van der Waals surface area contributed by atoms with Gasteiger partial charge in [0, 0.05) is 23.2 Å². The topological polar surface area (TPSA) is 189 Å². The molecule has 0 heterocycles. The van der Waals surface area contributed by atoms with Crippen LogP contribution in [0.5, 0.6) is 11.5 Å². The van der Waals surface area contributed by atoms with Gasteiger partial charge in [-0.3, -0.25) is 14.7 Å². The highest BCUT2D eigenvalue weighted by atomic mass is 35.5. The Morgan fingerprint density at radius 3 is 2.38 bits per heavy atom. The summed E-state index contributed by atoms with van der Waals surface area (Å²) in [5, 5.41) is 38.4. The molecular weight excluding hydrogens is 428 g/mol. The first-order valence-electron chi connectivity index (χ1n) is 7.60. The van der Waals surface area contributed by atoms with Crippen LogP contribution < -0.4 is 5.73 Å². The molecule has 0 radical (unpaired) electrons. The number of non-ortho nitro benzene ring substituents is 1. The normalized spacial score (nSPS) is 11.9. The maximum atomic E-state index is 11.8. The lowest BCUT2D eigenvalue weighted by Crippen LogP contribution is -1.99. The van der Waals surface area contributed by atoms with Crippen molar-refractivity contribution in [3.05, 3.63) is 51.5 Å². The number of benzene rings is 3. The Balaban J connectivity index is 2.27. The highest BCUT2D eigenvalue weighted by Gasteiger charge is 2.22. The third kappa shape index (κ3) is 3.89. The van der Waals surface area contributed by atoms with Gasteiger partial charge in [-0.2, -0.15) is 8.42 Å². The van der Waals surface area contributed by atoms with E-state index in [9.17, 15) is 33.3 Å². The zero-order valence-electron chi connectivity index (χ0n) is 14.1. The molecule has 0 saturated carbocycles. The number of phenols is 2. The summed E-state index contributed by atoms with van der Waals surface area (Å²) in [7, 11) is -4.86. The van der Waals surface area contributed by atoms with E-state index in [2.05, 4.69) is 10.2 Å². The molecule has 3 rings (SSSR count). The predicted molar refractivity (Wildman–Crippen MR) is 104 cm³/mol. The molecule has 29 heavy (non-hydrogen) atoms. The molecule has 3 aromatic carbocycles. The number of anilines is 1. The summed E-state index contributed by atoms with van der Waals surface area (Å²) in [6, 6.07) is 6.97. The maximum Gasteiger partial charge on any atom is 0.296 e. The van der Waals surface area contributed by atoms with Gasteiger partial charge in [0.1, 0.15) is 16.3 Å². The zero-order chi connectivity index (χ0) is 21.5. The Morgan fingerprint density at radius 1 is 1.07 bits per heavy atom.